The van der Waals surface area contributed by atoms with Gasteiger partial charge in [0.05, 0.1) is 0 Å². The van der Waals surface area contributed by atoms with Crippen molar-refractivity contribution >= 4 is 5.91 Å². The Kier molecular flexibility index (Phi) is 4.78. The van der Waals surface area contributed by atoms with Crippen LogP contribution in [0, 0.1) is 0 Å². The summed E-state index contributed by atoms with van der Waals surface area (Å²) < 4.78 is 0. The van der Waals surface area contributed by atoms with E-state index in [0.717, 1.165) is 0 Å². The van der Waals surface area contributed by atoms with E-state index < -0.39 is 0 Å². The third kappa shape index (κ3) is 4.32. The van der Waals surface area contributed by atoms with E-state index in [2.05, 4.69) is 5.32 Å². The maximum atomic E-state index is 10.5. The van der Waals surface area contributed by atoms with Crippen LogP contribution in [0.5, 0.6) is 11.5 Å². The average Bonchev–Trinajstić information content (AvgIpc) is 2.27. The molecule has 0 aliphatic carbocycles. The molecule has 5 nitrogen and oxygen atoms in total. The molecule has 94 valence electrons. The third-order valence-corrected chi connectivity index (χ3v) is 2.53. The molecule has 1 aromatic rings. The van der Waals surface area contributed by atoms with Crippen LogP contribution in [-0.2, 0) is 4.79 Å². The first kappa shape index (κ1) is 13.3. The van der Waals surface area contributed by atoms with Crippen LogP contribution in [-0.4, -0.2) is 22.7 Å². The second-order valence-electron chi connectivity index (χ2n) is 3.99. The minimum Gasteiger partial charge on any atom is -0.508 e. The molecule has 0 bridgehead atoms. The summed E-state index contributed by atoms with van der Waals surface area (Å²) in [6, 6.07) is 4.29. The summed E-state index contributed by atoms with van der Waals surface area (Å²) in [6.45, 7) is 2.50. The Hall–Kier alpha value is -1.75. The number of phenols is 2. The molecule has 5 N–H and O–H groups in total. The van der Waals surface area contributed by atoms with Crippen LogP contribution < -0.4 is 11.1 Å². The van der Waals surface area contributed by atoms with E-state index in [0.29, 0.717) is 24.9 Å². The Morgan fingerprint density at radius 1 is 1.47 bits per heavy atom. The Labute approximate surface area is 100 Å². The van der Waals surface area contributed by atoms with Crippen LogP contribution in [0.3, 0.4) is 0 Å². The molecular formula is C12H18N2O3. The zero-order valence-electron chi connectivity index (χ0n) is 9.81. The lowest BCUT2D eigenvalue weighted by Crippen LogP contribution is -2.21. The maximum absolute atomic E-state index is 10.5. The molecule has 0 saturated carbocycles. The van der Waals surface area contributed by atoms with Crippen molar-refractivity contribution in [2.24, 2.45) is 5.73 Å². The zero-order valence-corrected chi connectivity index (χ0v) is 9.81. The van der Waals surface area contributed by atoms with Crippen molar-refractivity contribution < 1.29 is 15.0 Å². The van der Waals surface area contributed by atoms with Crippen molar-refractivity contribution in [1.29, 1.82) is 0 Å². The molecular weight excluding hydrogens is 220 g/mol. The van der Waals surface area contributed by atoms with Gasteiger partial charge in [-0.05, 0) is 38.1 Å². The number of hydrogen-bond donors (Lipinski definition) is 4. The van der Waals surface area contributed by atoms with E-state index in [9.17, 15) is 15.0 Å². The molecule has 1 amide bonds. The van der Waals surface area contributed by atoms with Crippen molar-refractivity contribution in [2.75, 3.05) is 6.54 Å². The first-order chi connectivity index (χ1) is 8.00. The van der Waals surface area contributed by atoms with Gasteiger partial charge in [0.1, 0.15) is 11.5 Å². The highest BCUT2D eigenvalue weighted by Gasteiger charge is 2.10. The van der Waals surface area contributed by atoms with E-state index >= 15 is 0 Å². The van der Waals surface area contributed by atoms with Gasteiger partial charge in [0.15, 0.2) is 0 Å². The van der Waals surface area contributed by atoms with Crippen molar-refractivity contribution in [3.05, 3.63) is 23.8 Å². The quantitative estimate of drug-likeness (QED) is 0.439. The zero-order chi connectivity index (χ0) is 12.8. The van der Waals surface area contributed by atoms with Crippen LogP contribution in [0.1, 0.15) is 31.4 Å². The van der Waals surface area contributed by atoms with Crippen LogP contribution in [0.4, 0.5) is 0 Å². The summed E-state index contributed by atoms with van der Waals surface area (Å²) in [6.07, 6.45) is 0.991. The van der Waals surface area contributed by atoms with Gasteiger partial charge in [0.25, 0.3) is 0 Å². The highest BCUT2D eigenvalue weighted by atomic mass is 16.3. The fourth-order valence-electron chi connectivity index (χ4n) is 1.58. The van der Waals surface area contributed by atoms with E-state index in [1.165, 1.54) is 18.2 Å². The molecule has 0 aromatic heterocycles. The smallest absolute Gasteiger partial charge is 0.217 e. The highest BCUT2D eigenvalue weighted by Crippen LogP contribution is 2.27. The number of hydrogen-bond acceptors (Lipinski definition) is 4. The Morgan fingerprint density at radius 3 is 2.82 bits per heavy atom. The molecule has 5 heteroatoms. The monoisotopic (exact) mass is 238 g/mol. The predicted molar refractivity (Wildman–Crippen MR) is 64.6 cm³/mol. The summed E-state index contributed by atoms with van der Waals surface area (Å²) in [5.41, 5.74) is 5.65. The Balaban J connectivity index is 2.49. The molecule has 1 rings (SSSR count). The molecule has 0 radical (unpaired) electrons. The van der Waals surface area contributed by atoms with Crippen molar-refractivity contribution in [3.8, 4) is 11.5 Å². The summed E-state index contributed by atoms with van der Waals surface area (Å²) in [5.74, 6) is -0.0686. The summed E-state index contributed by atoms with van der Waals surface area (Å²) >= 11 is 0. The number of aromatic hydroxyl groups is 2. The molecule has 1 aromatic carbocycles. The fraction of sp³-hybridized carbons (Fsp3) is 0.417. The molecule has 0 heterocycles. The fourth-order valence-corrected chi connectivity index (χ4v) is 1.58. The molecule has 1 atom stereocenters. The number of nitrogens with one attached hydrogen (secondary N) is 1. The molecule has 17 heavy (non-hydrogen) atoms. The van der Waals surface area contributed by atoms with Crippen molar-refractivity contribution in [3.63, 3.8) is 0 Å². The second kappa shape index (κ2) is 6.10. The lowest BCUT2D eigenvalue weighted by Gasteiger charge is -2.15. The molecule has 0 saturated heterocycles. The predicted octanol–water partition coefficient (Wildman–Crippen LogP) is 1.01. The summed E-state index contributed by atoms with van der Waals surface area (Å²) in [7, 11) is 0. The molecule has 0 aliphatic heterocycles. The van der Waals surface area contributed by atoms with Gasteiger partial charge in [-0.3, -0.25) is 4.79 Å². The van der Waals surface area contributed by atoms with E-state index in [4.69, 9.17) is 5.73 Å². The minimum atomic E-state index is -0.320. The van der Waals surface area contributed by atoms with Gasteiger partial charge in [0.2, 0.25) is 5.91 Å². The van der Waals surface area contributed by atoms with Gasteiger partial charge >= 0.3 is 0 Å². The van der Waals surface area contributed by atoms with Crippen LogP contribution in [0.25, 0.3) is 0 Å². The molecule has 1 unspecified atom stereocenters. The summed E-state index contributed by atoms with van der Waals surface area (Å²) in [5, 5.41) is 22.1. The van der Waals surface area contributed by atoms with Gasteiger partial charge in [-0.2, -0.15) is 0 Å². The van der Waals surface area contributed by atoms with E-state index in [-0.39, 0.29) is 23.4 Å². The number of carbonyl (C=O) groups excluding carboxylic acids is 1. The van der Waals surface area contributed by atoms with Gasteiger partial charge in [0, 0.05) is 18.0 Å². The van der Waals surface area contributed by atoms with Crippen molar-refractivity contribution in [2.45, 2.75) is 25.8 Å². The third-order valence-electron chi connectivity index (χ3n) is 2.53. The minimum absolute atomic E-state index is 0.102. The first-order valence-electron chi connectivity index (χ1n) is 5.54. The summed E-state index contributed by atoms with van der Waals surface area (Å²) in [4.78, 5) is 10.5. The number of benzene rings is 1. The normalized spacial score (nSPS) is 12.3. The lowest BCUT2D eigenvalue weighted by molar-refractivity contribution is -0.118. The SMILES string of the molecule is CC(NCCCC(N)=O)c1cc(O)ccc1O. The van der Waals surface area contributed by atoms with Crippen LogP contribution >= 0.6 is 0 Å². The molecule has 0 aliphatic rings. The number of rotatable bonds is 6. The maximum Gasteiger partial charge on any atom is 0.217 e. The van der Waals surface area contributed by atoms with Gasteiger partial charge in [-0.25, -0.2) is 0 Å². The number of nitrogens with two attached hydrogens (primary N) is 1. The lowest BCUT2D eigenvalue weighted by atomic mass is 10.1. The number of amides is 1. The van der Waals surface area contributed by atoms with Crippen molar-refractivity contribution in [1.82, 2.24) is 5.32 Å². The number of phenolic OH excluding ortho intramolecular Hbond substituents is 2. The highest BCUT2D eigenvalue weighted by molar-refractivity contribution is 5.73. The standard InChI is InChI=1S/C12H18N2O3/c1-8(14-6-2-3-12(13)17)10-7-9(15)4-5-11(10)16/h4-5,7-8,14-16H,2-3,6H2,1H3,(H2,13,17). The van der Waals surface area contributed by atoms with Gasteiger partial charge < -0.3 is 21.3 Å². The second-order valence-corrected chi connectivity index (χ2v) is 3.99. The largest absolute Gasteiger partial charge is 0.508 e. The van der Waals surface area contributed by atoms with Gasteiger partial charge in [-0.1, -0.05) is 0 Å². The Bertz CT molecular complexity index is 393. The average molecular weight is 238 g/mol. The van der Waals surface area contributed by atoms with Crippen LogP contribution in [0.2, 0.25) is 0 Å². The van der Waals surface area contributed by atoms with E-state index in [1.807, 2.05) is 6.92 Å². The Morgan fingerprint density at radius 2 is 2.18 bits per heavy atom. The molecule has 0 fully saturated rings. The topological polar surface area (TPSA) is 95.6 Å². The first-order valence-corrected chi connectivity index (χ1v) is 5.54. The van der Waals surface area contributed by atoms with Gasteiger partial charge in [-0.15, -0.1) is 0 Å². The number of primary amides is 1. The van der Waals surface area contributed by atoms with E-state index in [1.54, 1.807) is 0 Å². The number of carbonyl (C=O) groups is 1. The van der Waals surface area contributed by atoms with Crippen LogP contribution in [0.15, 0.2) is 18.2 Å². The molecule has 0 spiro atoms.